The molecule has 3 aliphatic rings. The van der Waals surface area contributed by atoms with E-state index in [2.05, 4.69) is 67.3 Å². The van der Waals surface area contributed by atoms with E-state index in [9.17, 15) is 15.0 Å². The van der Waals surface area contributed by atoms with Crippen molar-refractivity contribution in [2.45, 2.75) is 76.2 Å². The Balaban J connectivity index is 1.30. The van der Waals surface area contributed by atoms with Gasteiger partial charge in [-0.25, -0.2) is 4.79 Å². The molecule has 1 aliphatic heterocycles. The summed E-state index contributed by atoms with van der Waals surface area (Å²) in [6.07, 6.45) is 8.49. The molecule has 0 aromatic heterocycles. The lowest BCUT2D eigenvalue weighted by Crippen LogP contribution is -2.70. The van der Waals surface area contributed by atoms with Crippen molar-refractivity contribution >= 4 is 22.6 Å². The highest BCUT2D eigenvalue weighted by Gasteiger charge is 2.65. The van der Waals surface area contributed by atoms with Crippen LogP contribution in [0, 0.1) is 17.8 Å². The van der Waals surface area contributed by atoms with Crippen molar-refractivity contribution in [1.82, 2.24) is 4.90 Å². The third-order valence-electron chi connectivity index (χ3n) is 13.1. The molecule has 8 rings (SSSR count). The summed E-state index contributed by atoms with van der Waals surface area (Å²) in [5, 5.41) is 26.8. The molecule has 64 heavy (non-hydrogen) atoms. The Morgan fingerprint density at radius 2 is 1.59 bits per heavy atom. The van der Waals surface area contributed by atoms with Crippen molar-refractivity contribution in [2.24, 2.45) is 22.9 Å². The molecule has 1 amide bonds. The largest absolute Gasteiger partial charge is 0.459 e. The third-order valence-corrected chi connectivity index (χ3v) is 13.1. The fraction of sp³-hybridized carbons (Fsp3) is 0.370. The molecule has 0 spiro atoms. The first-order valence-electron chi connectivity index (χ1n) is 22.8. The van der Waals surface area contributed by atoms with Crippen molar-refractivity contribution in [3.05, 3.63) is 151 Å². The van der Waals surface area contributed by atoms with Crippen molar-refractivity contribution in [3.8, 4) is 28.4 Å². The first-order valence-corrected chi connectivity index (χ1v) is 22.8. The summed E-state index contributed by atoms with van der Waals surface area (Å²) in [7, 11) is 1.55. The van der Waals surface area contributed by atoms with E-state index in [1.165, 1.54) is 0 Å². The van der Waals surface area contributed by atoms with E-state index in [1.807, 2.05) is 67.6 Å². The Kier molecular flexibility index (Phi) is 14.4. The predicted octanol–water partition coefficient (Wildman–Crippen LogP) is 11.2. The molecule has 334 valence electrons. The molecule has 6 unspecified atom stereocenters. The summed E-state index contributed by atoms with van der Waals surface area (Å²) in [6, 6.07) is 37.9. The smallest absolute Gasteiger partial charge is 0.410 e. The van der Waals surface area contributed by atoms with Gasteiger partial charge >= 0.3 is 6.09 Å². The molecule has 1 saturated carbocycles. The highest BCUT2D eigenvalue weighted by atomic mass is 16.7. The number of amides is 1. The van der Waals surface area contributed by atoms with E-state index in [0.717, 1.165) is 64.3 Å². The minimum Gasteiger partial charge on any atom is -0.459 e. The van der Waals surface area contributed by atoms with Gasteiger partial charge in [0.2, 0.25) is 5.79 Å². The summed E-state index contributed by atoms with van der Waals surface area (Å²) in [5.41, 5.74) is 5.83. The Labute approximate surface area is 376 Å². The molecule has 5 aromatic rings. The van der Waals surface area contributed by atoms with Crippen LogP contribution in [0.15, 0.2) is 145 Å². The number of rotatable bonds is 19. The second-order valence-corrected chi connectivity index (χ2v) is 16.9. The van der Waals surface area contributed by atoms with Crippen LogP contribution in [0.4, 0.5) is 4.79 Å². The quantitative estimate of drug-likeness (QED) is 0.0478. The van der Waals surface area contributed by atoms with E-state index in [-0.39, 0.29) is 57.1 Å². The highest BCUT2D eigenvalue weighted by molar-refractivity contribution is 6.03. The highest BCUT2D eigenvalue weighted by Crippen LogP contribution is 2.62. The van der Waals surface area contributed by atoms with Gasteiger partial charge in [0.25, 0.3) is 0 Å². The van der Waals surface area contributed by atoms with Crippen molar-refractivity contribution in [3.63, 3.8) is 0 Å². The fourth-order valence-corrected chi connectivity index (χ4v) is 10.4. The third kappa shape index (κ3) is 9.18. The standard InChI is InChI=1S/C54H60N2O8/c1-4-32-62-54-50(56(53(59)61-5-2)36-41-21-15-20-39-18-9-10-22-44(39)41)35-48(55-60-3)46-33-40(19-11-13-30-57)45(23-12-14-31-58)51(52(46)54)47-34-43(28-29-49(47)64-54)63-42-26-24-38(25-27-42)37-16-7-6-8-17-37/h4,6-10,15-18,20-22,24-29,33-34,40,45,50-52,57-58H,1,5,11-14,19,23,30-32,35-36H2,2-3H3. The van der Waals surface area contributed by atoms with Gasteiger partial charge in [-0.3, -0.25) is 4.90 Å². The monoisotopic (exact) mass is 864 g/mol. The number of fused-ring (bicyclic) bond motifs is 3. The molecule has 5 aromatic carbocycles. The summed E-state index contributed by atoms with van der Waals surface area (Å²) >= 11 is 0. The van der Waals surface area contributed by atoms with E-state index >= 15 is 0 Å². The number of aliphatic hydroxyl groups excluding tert-OH is 2. The maximum atomic E-state index is 14.6. The van der Waals surface area contributed by atoms with Crippen LogP contribution < -0.4 is 9.47 Å². The predicted molar refractivity (Wildman–Crippen MR) is 250 cm³/mol. The van der Waals surface area contributed by atoms with Gasteiger partial charge in [-0.1, -0.05) is 115 Å². The summed E-state index contributed by atoms with van der Waals surface area (Å²) < 4.78 is 27.1. The molecular formula is C54H60N2O8. The van der Waals surface area contributed by atoms with Gasteiger partial charge in [-0.05, 0) is 108 Å². The first-order chi connectivity index (χ1) is 31.4. The lowest BCUT2D eigenvalue weighted by Gasteiger charge is -2.59. The number of carbonyl (C=O) groups excluding carboxylic acids is 1. The molecular weight excluding hydrogens is 805 g/mol. The Morgan fingerprint density at radius 3 is 2.34 bits per heavy atom. The average molecular weight is 865 g/mol. The Morgan fingerprint density at radius 1 is 0.875 bits per heavy atom. The van der Waals surface area contributed by atoms with Gasteiger partial charge in [0.15, 0.2) is 0 Å². The van der Waals surface area contributed by atoms with Crippen LogP contribution >= 0.6 is 0 Å². The number of allylic oxidation sites excluding steroid dienone is 1. The second kappa shape index (κ2) is 20.7. The number of hydrogen-bond donors (Lipinski definition) is 2. The fourth-order valence-electron chi connectivity index (χ4n) is 10.4. The summed E-state index contributed by atoms with van der Waals surface area (Å²) in [6.45, 7) is 6.64. The number of unbranched alkanes of at least 4 members (excludes halogenated alkanes) is 2. The zero-order valence-electron chi connectivity index (χ0n) is 36.9. The Hall–Kier alpha value is -5.94. The molecule has 6 atom stereocenters. The van der Waals surface area contributed by atoms with Gasteiger partial charge < -0.3 is 34.0 Å². The van der Waals surface area contributed by atoms with Gasteiger partial charge in [-0.15, -0.1) is 6.58 Å². The molecule has 10 nitrogen and oxygen atoms in total. The minimum atomic E-state index is -1.43. The number of nitrogens with zero attached hydrogens (tertiary/aromatic N) is 2. The van der Waals surface area contributed by atoms with Crippen LogP contribution in [0.3, 0.4) is 0 Å². The zero-order chi connectivity index (χ0) is 44.5. The zero-order valence-corrected chi connectivity index (χ0v) is 36.9. The first kappa shape index (κ1) is 44.7. The van der Waals surface area contributed by atoms with E-state index < -0.39 is 23.8 Å². The maximum absolute atomic E-state index is 14.6. The van der Waals surface area contributed by atoms with Crippen LogP contribution in [-0.2, 0) is 20.9 Å². The molecule has 1 fully saturated rings. The number of aliphatic hydroxyl groups is 2. The van der Waals surface area contributed by atoms with Crippen LogP contribution in [-0.4, -0.2) is 72.3 Å². The SMILES string of the molecule is C=CCOC12Oc3ccc(Oc4ccc(-c5ccccc5)cc4)cc3C3C(CCCCO)C(CCCCO)C=C(C(=NOC)CC1N(Cc1cccc4ccccc14)C(=O)OCC)C32. The molecule has 0 radical (unpaired) electrons. The summed E-state index contributed by atoms with van der Waals surface area (Å²) in [5.74, 6) is 0.0664. The van der Waals surface area contributed by atoms with Gasteiger partial charge in [0.05, 0.1) is 31.4 Å². The van der Waals surface area contributed by atoms with Crippen LogP contribution in [0.5, 0.6) is 17.2 Å². The summed E-state index contributed by atoms with van der Waals surface area (Å²) in [4.78, 5) is 22.0. The number of oxime groups is 1. The van der Waals surface area contributed by atoms with E-state index in [0.29, 0.717) is 35.8 Å². The van der Waals surface area contributed by atoms with Crippen molar-refractivity contribution in [1.29, 1.82) is 0 Å². The van der Waals surface area contributed by atoms with Gasteiger partial charge in [-0.2, -0.15) is 0 Å². The van der Waals surface area contributed by atoms with Crippen molar-refractivity contribution < 1.29 is 38.8 Å². The molecule has 2 aliphatic carbocycles. The van der Waals surface area contributed by atoms with Crippen LogP contribution in [0.25, 0.3) is 21.9 Å². The number of benzene rings is 5. The second-order valence-electron chi connectivity index (χ2n) is 16.9. The molecule has 0 saturated heterocycles. The van der Waals surface area contributed by atoms with Gasteiger partial charge in [0, 0.05) is 31.1 Å². The normalized spacial score (nSPS) is 22.7. The molecule has 2 N–H and O–H groups in total. The van der Waals surface area contributed by atoms with Crippen molar-refractivity contribution in [2.75, 3.05) is 33.5 Å². The number of hydrogen-bond acceptors (Lipinski definition) is 9. The minimum absolute atomic E-state index is 0.0606. The van der Waals surface area contributed by atoms with E-state index in [1.54, 1.807) is 18.1 Å². The number of carbonyl (C=O) groups is 1. The van der Waals surface area contributed by atoms with E-state index in [4.69, 9.17) is 28.9 Å². The average Bonchev–Trinajstić information content (AvgIpc) is 3.32. The van der Waals surface area contributed by atoms with Crippen LogP contribution in [0.2, 0.25) is 0 Å². The molecule has 0 bridgehead atoms. The lowest BCUT2D eigenvalue weighted by atomic mass is 9.55. The lowest BCUT2D eigenvalue weighted by molar-refractivity contribution is -0.256. The van der Waals surface area contributed by atoms with Crippen LogP contribution in [0.1, 0.15) is 68.9 Å². The molecule has 1 heterocycles. The maximum Gasteiger partial charge on any atom is 0.410 e. The van der Waals surface area contributed by atoms with Gasteiger partial charge in [0.1, 0.15) is 30.4 Å². The topological polar surface area (TPSA) is 119 Å². The number of ether oxygens (including phenoxy) is 4. The molecule has 10 heteroatoms. The Bertz CT molecular complexity index is 2430.